The van der Waals surface area contributed by atoms with Crippen molar-refractivity contribution >= 4 is 12.1 Å². The Bertz CT molecular complexity index is 1290. The first kappa shape index (κ1) is 23.7. The van der Waals surface area contributed by atoms with Gasteiger partial charge < -0.3 is 19.7 Å². The second-order valence-corrected chi connectivity index (χ2v) is 4.93. The van der Waals surface area contributed by atoms with Gasteiger partial charge in [0.15, 0.2) is 11.5 Å². The Labute approximate surface area is 179 Å². The summed E-state index contributed by atoms with van der Waals surface area (Å²) >= 11 is 0. The third-order valence-electron chi connectivity index (χ3n) is 2.82. The number of hydrogen-bond acceptors (Lipinski definition) is 5. The fraction of sp³-hybridized carbons (Fsp3) is 0.120. The van der Waals surface area contributed by atoms with Gasteiger partial charge in [-0.2, -0.15) is 0 Å². The highest BCUT2D eigenvalue weighted by Crippen LogP contribution is 2.27. The van der Waals surface area contributed by atoms with Gasteiger partial charge in [-0.05, 0) is 95.7 Å². The maximum atomic E-state index is 11.5. The minimum atomic E-state index is -1.55. The van der Waals surface area contributed by atoms with Gasteiger partial charge in [0.1, 0.15) is 0 Å². The van der Waals surface area contributed by atoms with Crippen LogP contribution in [0.5, 0.6) is 11.5 Å². The normalized spacial score (nSPS) is 7.13. The molecule has 0 aliphatic carbocycles. The van der Waals surface area contributed by atoms with Gasteiger partial charge in [-0.3, -0.25) is 0 Å². The Morgan fingerprint density at radius 2 is 1.42 bits per heavy atom. The first-order valence-electron chi connectivity index (χ1n) is 8.35. The largest absolute Gasteiger partial charge is 0.511 e. The maximum Gasteiger partial charge on any atom is 0.511 e. The average Bonchev–Trinajstić information content (AvgIpc) is 2.73. The first-order chi connectivity index (χ1) is 15.0. The van der Waals surface area contributed by atoms with Crippen molar-refractivity contribution in [2.24, 2.45) is 0 Å². The highest BCUT2D eigenvalue weighted by molar-refractivity contribution is 5.89. The van der Waals surface area contributed by atoms with Crippen LogP contribution in [0.15, 0.2) is 18.2 Å². The maximum absolute atomic E-state index is 11.5. The second kappa shape index (κ2) is 14.7. The van der Waals surface area contributed by atoms with Crippen LogP contribution in [-0.2, 0) is 16.0 Å². The Kier molecular flexibility index (Phi) is 11.2. The summed E-state index contributed by atoms with van der Waals surface area (Å²) in [6, 6.07) is 4.15. The van der Waals surface area contributed by atoms with Crippen molar-refractivity contribution in [2.45, 2.75) is 13.3 Å². The molecule has 1 rings (SSSR count). The molecule has 0 spiro atoms. The average molecular weight is 408 g/mol. The van der Waals surface area contributed by atoms with Crippen molar-refractivity contribution in [2.75, 3.05) is 6.61 Å². The molecule has 1 aromatic carbocycles. The molecule has 31 heavy (non-hydrogen) atoms. The Balaban J connectivity index is 2.45. The van der Waals surface area contributed by atoms with Crippen LogP contribution in [0.25, 0.3) is 0 Å². The molecule has 0 saturated carbocycles. The predicted octanol–water partition coefficient (Wildman–Crippen LogP) is 1.58. The highest BCUT2D eigenvalue weighted by Gasteiger charge is 2.08. The third-order valence-corrected chi connectivity index (χ3v) is 2.82. The Morgan fingerprint density at radius 1 is 0.871 bits per heavy atom. The van der Waals surface area contributed by atoms with E-state index in [2.05, 4.69) is 87.6 Å². The standard InChI is InChI=1S/C25H12O6/c1-2-3-4-5-6-7-8-9-10-11-12-13-14-15-24(27)30-19-18-21-16-17-22(26)23(20-21)31-25(28)29/h16-17,20,26H,18-19H2,1H3,(H,28,29). The number of rotatable bonds is 4. The number of hydrogen-bond donors (Lipinski definition) is 2. The lowest BCUT2D eigenvalue weighted by molar-refractivity contribution is -0.136. The van der Waals surface area contributed by atoms with Gasteiger partial charge in [-0.1, -0.05) is 12.0 Å². The monoisotopic (exact) mass is 408 g/mol. The summed E-state index contributed by atoms with van der Waals surface area (Å²) in [5, 5.41) is 18.1. The van der Waals surface area contributed by atoms with E-state index >= 15 is 0 Å². The van der Waals surface area contributed by atoms with Gasteiger partial charge in [0, 0.05) is 12.3 Å². The summed E-state index contributed by atoms with van der Waals surface area (Å²) < 4.78 is 9.34. The van der Waals surface area contributed by atoms with Crippen LogP contribution in [0.2, 0.25) is 0 Å². The molecule has 6 heteroatoms. The number of aromatic hydroxyl groups is 1. The topological polar surface area (TPSA) is 93.1 Å². The van der Waals surface area contributed by atoms with E-state index in [1.54, 1.807) is 6.92 Å². The van der Waals surface area contributed by atoms with E-state index in [1.807, 2.05) is 0 Å². The number of carbonyl (C=O) groups is 2. The number of carbonyl (C=O) groups excluding carboxylic acids is 1. The third kappa shape index (κ3) is 11.9. The number of phenolic OH excluding ortho intramolecular Hbond substituents is 1. The summed E-state index contributed by atoms with van der Waals surface area (Å²) in [7, 11) is 0. The van der Waals surface area contributed by atoms with Gasteiger partial charge in [-0.25, -0.2) is 9.59 Å². The summed E-state index contributed by atoms with van der Waals surface area (Å²) in [6.45, 7) is 1.66. The molecule has 0 atom stereocenters. The number of carboxylic acid groups (broad SMARTS) is 1. The molecule has 148 valence electrons. The van der Waals surface area contributed by atoms with Crippen LogP contribution in [0.1, 0.15) is 12.5 Å². The molecule has 1 aromatic rings. The highest BCUT2D eigenvalue weighted by atomic mass is 16.7. The lowest BCUT2D eigenvalue weighted by Gasteiger charge is -2.06. The zero-order valence-electron chi connectivity index (χ0n) is 16.2. The SMILES string of the molecule is CC#CC#CC#CC#CC#CC#CC#CC(=O)OCCc1ccc(O)c(OC(=O)O)c1. The van der Waals surface area contributed by atoms with Crippen LogP contribution in [0.3, 0.4) is 0 Å². The summed E-state index contributed by atoms with van der Waals surface area (Å²) in [4.78, 5) is 22.0. The Morgan fingerprint density at radius 3 is 1.97 bits per heavy atom. The number of phenols is 1. The fourth-order valence-corrected chi connectivity index (χ4v) is 1.64. The fourth-order valence-electron chi connectivity index (χ4n) is 1.64. The molecule has 0 fully saturated rings. The minimum Gasteiger partial charge on any atom is -0.504 e. The van der Waals surface area contributed by atoms with Crippen molar-refractivity contribution in [1.82, 2.24) is 0 Å². The van der Waals surface area contributed by atoms with Crippen LogP contribution >= 0.6 is 0 Å². The van der Waals surface area contributed by atoms with Gasteiger partial charge in [0.2, 0.25) is 0 Å². The van der Waals surface area contributed by atoms with Crippen molar-refractivity contribution in [1.29, 1.82) is 0 Å². The van der Waals surface area contributed by atoms with Gasteiger partial charge in [0.05, 0.1) is 6.61 Å². The van der Waals surface area contributed by atoms with Crippen molar-refractivity contribution in [3.05, 3.63) is 23.8 Å². The van der Waals surface area contributed by atoms with E-state index < -0.39 is 12.1 Å². The molecular weight excluding hydrogens is 396 g/mol. The minimum absolute atomic E-state index is 0.00987. The summed E-state index contributed by atoms with van der Waals surface area (Å²) in [5.74, 6) is 32.7. The van der Waals surface area contributed by atoms with E-state index in [1.165, 1.54) is 18.2 Å². The predicted molar refractivity (Wildman–Crippen MR) is 112 cm³/mol. The second-order valence-electron chi connectivity index (χ2n) is 4.93. The summed E-state index contributed by atoms with van der Waals surface area (Å²) in [5.41, 5.74) is 0.595. The van der Waals surface area contributed by atoms with Crippen LogP contribution in [0.4, 0.5) is 4.79 Å². The zero-order chi connectivity index (χ0) is 22.7. The van der Waals surface area contributed by atoms with Crippen molar-refractivity contribution in [3.63, 3.8) is 0 Å². The van der Waals surface area contributed by atoms with Gasteiger partial charge >= 0.3 is 12.1 Å². The van der Waals surface area contributed by atoms with Crippen molar-refractivity contribution in [3.8, 4) is 94.4 Å². The molecule has 0 aliphatic rings. The molecule has 2 N–H and O–H groups in total. The quantitative estimate of drug-likeness (QED) is 0.340. The van der Waals surface area contributed by atoms with E-state index in [4.69, 9.17) is 9.84 Å². The molecule has 6 nitrogen and oxygen atoms in total. The van der Waals surface area contributed by atoms with Gasteiger partial charge in [0.25, 0.3) is 0 Å². The number of esters is 1. The lowest BCUT2D eigenvalue weighted by atomic mass is 10.1. The van der Waals surface area contributed by atoms with E-state index in [-0.39, 0.29) is 24.5 Å². The van der Waals surface area contributed by atoms with Crippen LogP contribution < -0.4 is 4.74 Å². The molecule has 0 amide bonds. The van der Waals surface area contributed by atoms with Crippen molar-refractivity contribution < 1.29 is 29.3 Å². The first-order valence-corrected chi connectivity index (χ1v) is 8.35. The molecular formula is C25H12O6. The molecule has 0 aliphatic heterocycles. The molecule has 0 heterocycles. The van der Waals surface area contributed by atoms with E-state index in [9.17, 15) is 14.7 Å². The van der Waals surface area contributed by atoms with Gasteiger partial charge in [-0.15, -0.1) is 0 Å². The lowest BCUT2D eigenvalue weighted by Crippen LogP contribution is -2.06. The number of benzene rings is 1. The smallest absolute Gasteiger partial charge is 0.504 e. The molecule has 0 radical (unpaired) electrons. The summed E-state index contributed by atoms with van der Waals surface area (Å²) in [6.07, 6.45) is -1.29. The van der Waals surface area contributed by atoms with Crippen LogP contribution in [-0.4, -0.2) is 28.9 Å². The van der Waals surface area contributed by atoms with E-state index in [0.717, 1.165) is 0 Å². The number of ether oxygens (including phenoxy) is 2. The Hall–Kier alpha value is -5.32. The van der Waals surface area contributed by atoms with E-state index in [0.29, 0.717) is 5.56 Å². The molecule has 0 saturated heterocycles. The van der Waals surface area contributed by atoms with Crippen LogP contribution in [0, 0.1) is 82.9 Å². The zero-order valence-corrected chi connectivity index (χ0v) is 16.2. The molecule has 0 aromatic heterocycles. The molecule has 0 unspecified atom stereocenters. The molecule has 0 bridgehead atoms.